The van der Waals surface area contributed by atoms with Crippen molar-refractivity contribution in [3.05, 3.63) is 29.3 Å². The third-order valence-corrected chi connectivity index (χ3v) is 5.65. The van der Waals surface area contributed by atoms with E-state index in [2.05, 4.69) is 11.4 Å². The first-order valence-corrected chi connectivity index (χ1v) is 9.76. The van der Waals surface area contributed by atoms with Gasteiger partial charge in [-0.05, 0) is 43.7 Å². The van der Waals surface area contributed by atoms with E-state index < -0.39 is 0 Å². The Morgan fingerprint density at radius 2 is 2.12 bits per heavy atom. The van der Waals surface area contributed by atoms with Gasteiger partial charge in [0.15, 0.2) is 0 Å². The van der Waals surface area contributed by atoms with Crippen LogP contribution in [0.4, 0.5) is 0 Å². The van der Waals surface area contributed by atoms with E-state index in [0.29, 0.717) is 13.1 Å². The van der Waals surface area contributed by atoms with Crippen LogP contribution >= 0.6 is 24.2 Å². The lowest BCUT2D eigenvalue weighted by molar-refractivity contribution is -0.135. The summed E-state index contributed by atoms with van der Waals surface area (Å²) in [6.07, 6.45) is 3.96. The summed E-state index contributed by atoms with van der Waals surface area (Å²) >= 11 is 1.65. The maximum atomic E-state index is 13.0. The normalized spacial score (nSPS) is 21.0. The van der Waals surface area contributed by atoms with Gasteiger partial charge in [0.2, 0.25) is 5.91 Å². The molecule has 1 atom stereocenters. The number of carbonyl (C=O) groups is 2. The molecular formula is C18H26ClN3O2S. The van der Waals surface area contributed by atoms with Crippen molar-refractivity contribution >= 4 is 36.0 Å². The average Bonchev–Trinajstić information content (AvgIpc) is 2.62. The fourth-order valence-corrected chi connectivity index (χ4v) is 3.97. The summed E-state index contributed by atoms with van der Waals surface area (Å²) in [6, 6.07) is 6.21. The van der Waals surface area contributed by atoms with Crippen LogP contribution in [0.3, 0.4) is 0 Å². The van der Waals surface area contributed by atoms with Crippen LogP contribution in [0.15, 0.2) is 23.1 Å². The van der Waals surface area contributed by atoms with Crippen molar-refractivity contribution in [2.45, 2.75) is 30.7 Å². The van der Waals surface area contributed by atoms with E-state index in [9.17, 15) is 9.59 Å². The van der Waals surface area contributed by atoms with Crippen molar-refractivity contribution in [2.75, 3.05) is 39.0 Å². The number of nitrogens with zero attached hydrogens (tertiary/aromatic N) is 2. The zero-order valence-electron chi connectivity index (χ0n) is 14.8. The molecule has 2 amide bonds. The van der Waals surface area contributed by atoms with E-state index in [1.54, 1.807) is 11.8 Å². The highest BCUT2D eigenvalue weighted by Crippen LogP contribution is 2.23. The Kier molecular flexibility index (Phi) is 7.16. The minimum absolute atomic E-state index is 0. The summed E-state index contributed by atoms with van der Waals surface area (Å²) in [5.41, 5.74) is 1.80. The molecule has 0 spiro atoms. The summed E-state index contributed by atoms with van der Waals surface area (Å²) in [5, 5.41) is 3.11. The number of thioether (sulfide) groups is 1. The van der Waals surface area contributed by atoms with E-state index in [1.807, 2.05) is 35.1 Å². The molecule has 0 aliphatic carbocycles. The monoisotopic (exact) mass is 383 g/mol. The highest BCUT2D eigenvalue weighted by Gasteiger charge is 2.32. The maximum Gasteiger partial charge on any atom is 0.254 e. The molecule has 2 fully saturated rings. The largest absolute Gasteiger partial charge is 0.337 e. The summed E-state index contributed by atoms with van der Waals surface area (Å²) < 4.78 is 0. The Bertz CT molecular complexity index is 641. The summed E-state index contributed by atoms with van der Waals surface area (Å²) in [6.45, 7) is 5.40. The second-order valence-corrected chi connectivity index (χ2v) is 7.37. The van der Waals surface area contributed by atoms with Gasteiger partial charge in [-0.3, -0.25) is 9.59 Å². The number of likely N-dealkylation sites (tertiary alicyclic amines) is 1. The number of rotatable bonds is 3. The van der Waals surface area contributed by atoms with Crippen molar-refractivity contribution in [1.82, 2.24) is 15.1 Å². The Balaban J connectivity index is 0.00000225. The van der Waals surface area contributed by atoms with E-state index in [4.69, 9.17) is 0 Å². The Hall–Kier alpha value is -1.24. The molecule has 2 aliphatic heterocycles. The number of nitrogens with one attached hydrogen (secondary N) is 1. The SMILES string of the molecule is CSc1ccc(C)c(C(=O)N2CCCC(N3CCNCC3=O)C2)c1.Cl. The van der Waals surface area contributed by atoms with Gasteiger partial charge in [-0.25, -0.2) is 0 Å². The van der Waals surface area contributed by atoms with E-state index in [1.165, 1.54) is 0 Å². The number of carbonyl (C=O) groups excluding carboxylic acids is 2. The molecule has 0 radical (unpaired) electrons. The Labute approximate surface area is 159 Å². The highest BCUT2D eigenvalue weighted by atomic mass is 35.5. The Morgan fingerprint density at radius 3 is 2.84 bits per heavy atom. The summed E-state index contributed by atoms with van der Waals surface area (Å²) in [5.74, 6) is 0.247. The average molecular weight is 384 g/mol. The molecule has 0 bridgehead atoms. The number of hydrogen-bond donors (Lipinski definition) is 1. The predicted octanol–water partition coefficient (Wildman–Crippen LogP) is 2.18. The molecule has 0 saturated carbocycles. The molecule has 1 N–H and O–H groups in total. The van der Waals surface area contributed by atoms with Gasteiger partial charge in [0.1, 0.15) is 0 Å². The highest BCUT2D eigenvalue weighted by molar-refractivity contribution is 7.98. The minimum Gasteiger partial charge on any atom is -0.337 e. The Morgan fingerprint density at radius 1 is 1.32 bits per heavy atom. The van der Waals surface area contributed by atoms with Crippen molar-refractivity contribution in [2.24, 2.45) is 0 Å². The summed E-state index contributed by atoms with van der Waals surface area (Å²) in [4.78, 5) is 30.1. The van der Waals surface area contributed by atoms with Crippen molar-refractivity contribution in [1.29, 1.82) is 0 Å². The third-order valence-electron chi connectivity index (χ3n) is 4.93. The van der Waals surface area contributed by atoms with Crippen LogP contribution in [0.1, 0.15) is 28.8 Å². The van der Waals surface area contributed by atoms with Gasteiger partial charge in [0.05, 0.1) is 6.54 Å². The molecule has 25 heavy (non-hydrogen) atoms. The second kappa shape index (κ2) is 8.92. The summed E-state index contributed by atoms with van der Waals surface area (Å²) in [7, 11) is 0. The van der Waals surface area contributed by atoms with Crippen LogP contribution in [0.5, 0.6) is 0 Å². The number of aryl methyl sites for hydroxylation is 1. The molecule has 2 heterocycles. The molecule has 1 aromatic carbocycles. The molecule has 3 rings (SSSR count). The lowest BCUT2D eigenvalue weighted by Gasteiger charge is -2.41. The molecule has 138 valence electrons. The van der Waals surface area contributed by atoms with Crippen molar-refractivity contribution in [3.63, 3.8) is 0 Å². The maximum absolute atomic E-state index is 13.0. The zero-order chi connectivity index (χ0) is 17.1. The fraction of sp³-hybridized carbons (Fsp3) is 0.556. The predicted molar refractivity (Wildman–Crippen MR) is 104 cm³/mol. The van der Waals surface area contributed by atoms with Gasteiger partial charge in [0, 0.05) is 42.7 Å². The molecule has 0 aromatic heterocycles. The molecule has 2 aliphatic rings. The first kappa shape index (κ1) is 20.1. The molecule has 5 nitrogen and oxygen atoms in total. The lowest BCUT2D eigenvalue weighted by atomic mass is 10.0. The molecule has 7 heteroatoms. The van der Waals surface area contributed by atoms with Crippen LogP contribution in [0, 0.1) is 6.92 Å². The fourth-order valence-electron chi connectivity index (χ4n) is 3.53. The topological polar surface area (TPSA) is 52.7 Å². The molecular weight excluding hydrogens is 358 g/mol. The van der Waals surface area contributed by atoms with Crippen LogP contribution in [-0.2, 0) is 4.79 Å². The molecule has 1 unspecified atom stereocenters. The van der Waals surface area contributed by atoms with Crippen molar-refractivity contribution < 1.29 is 9.59 Å². The number of piperazine rings is 1. The number of hydrogen-bond acceptors (Lipinski definition) is 4. The second-order valence-electron chi connectivity index (χ2n) is 6.49. The van der Waals surface area contributed by atoms with E-state index in [0.717, 1.165) is 48.5 Å². The van der Waals surface area contributed by atoms with Crippen LogP contribution in [0.2, 0.25) is 0 Å². The van der Waals surface area contributed by atoms with Crippen LogP contribution in [0.25, 0.3) is 0 Å². The first-order valence-electron chi connectivity index (χ1n) is 8.54. The zero-order valence-corrected chi connectivity index (χ0v) is 16.4. The van der Waals surface area contributed by atoms with Crippen LogP contribution in [-0.4, -0.2) is 66.6 Å². The first-order chi connectivity index (χ1) is 11.6. The van der Waals surface area contributed by atoms with Crippen LogP contribution < -0.4 is 5.32 Å². The smallest absolute Gasteiger partial charge is 0.254 e. The standard InChI is InChI=1S/C18H25N3O2S.ClH/c1-13-5-6-15(24-2)10-16(13)18(23)20-8-3-4-14(12-20)21-9-7-19-11-17(21)22;/h5-6,10,14,19H,3-4,7-9,11-12H2,1-2H3;1H. The minimum atomic E-state index is 0. The van der Waals surface area contributed by atoms with Crippen molar-refractivity contribution in [3.8, 4) is 0 Å². The van der Waals surface area contributed by atoms with Gasteiger partial charge in [-0.2, -0.15) is 0 Å². The lowest BCUT2D eigenvalue weighted by Crippen LogP contribution is -2.57. The number of piperidine rings is 1. The third kappa shape index (κ3) is 4.49. The van der Waals surface area contributed by atoms with Gasteiger partial charge < -0.3 is 15.1 Å². The quantitative estimate of drug-likeness (QED) is 0.813. The number of halogens is 1. The van der Waals surface area contributed by atoms with E-state index >= 15 is 0 Å². The number of benzene rings is 1. The van der Waals surface area contributed by atoms with Gasteiger partial charge in [-0.15, -0.1) is 24.2 Å². The van der Waals surface area contributed by atoms with Gasteiger partial charge >= 0.3 is 0 Å². The molecule has 2 saturated heterocycles. The van der Waals surface area contributed by atoms with Gasteiger partial charge in [0.25, 0.3) is 5.91 Å². The van der Waals surface area contributed by atoms with Gasteiger partial charge in [-0.1, -0.05) is 6.07 Å². The number of amides is 2. The molecule has 1 aromatic rings. The van der Waals surface area contributed by atoms with E-state index in [-0.39, 0.29) is 30.3 Å².